The first-order chi connectivity index (χ1) is 10.0. The Morgan fingerprint density at radius 1 is 1.38 bits per heavy atom. The molecule has 0 bridgehead atoms. The number of carbonyl (C=O) groups excluding carboxylic acids is 1. The van der Waals surface area contributed by atoms with Gasteiger partial charge in [-0.1, -0.05) is 17.7 Å². The van der Waals surface area contributed by atoms with Gasteiger partial charge in [-0.2, -0.15) is 0 Å². The standard InChI is InChI=1S/C16H22ClN3O/c1-11-3-4-12(9-15(11)17)18-16(21)19(2)14-7-8-20(10-14)13-5-6-13/h3-4,9,13-14H,5-8,10H2,1-2H3,(H,18,21)/t14-/m1/s1. The summed E-state index contributed by atoms with van der Waals surface area (Å²) in [6.07, 6.45) is 3.71. The monoisotopic (exact) mass is 307 g/mol. The van der Waals surface area contributed by atoms with Crippen LogP contribution in [-0.4, -0.2) is 48.1 Å². The number of amides is 2. The third-order valence-electron chi connectivity index (χ3n) is 4.55. The topological polar surface area (TPSA) is 35.6 Å². The van der Waals surface area contributed by atoms with Crippen molar-refractivity contribution in [3.63, 3.8) is 0 Å². The summed E-state index contributed by atoms with van der Waals surface area (Å²) in [5.41, 5.74) is 1.76. The zero-order valence-corrected chi connectivity index (χ0v) is 13.4. The number of nitrogens with zero attached hydrogens (tertiary/aromatic N) is 2. The zero-order chi connectivity index (χ0) is 15.0. The van der Waals surface area contributed by atoms with Crippen LogP contribution in [0.4, 0.5) is 10.5 Å². The van der Waals surface area contributed by atoms with Crippen molar-refractivity contribution in [1.29, 1.82) is 0 Å². The summed E-state index contributed by atoms with van der Waals surface area (Å²) in [7, 11) is 1.88. The molecule has 2 fully saturated rings. The molecule has 1 aromatic carbocycles. The number of aryl methyl sites for hydroxylation is 1. The molecule has 21 heavy (non-hydrogen) atoms. The Morgan fingerprint density at radius 3 is 2.81 bits per heavy atom. The van der Waals surface area contributed by atoms with Gasteiger partial charge >= 0.3 is 6.03 Å². The van der Waals surface area contributed by atoms with Crippen LogP contribution in [0.25, 0.3) is 0 Å². The maximum atomic E-state index is 12.3. The van der Waals surface area contributed by atoms with Gasteiger partial charge in [0, 0.05) is 42.9 Å². The maximum Gasteiger partial charge on any atom is 0.321 e. The normalized spacial score (nSPS) is 22.3. The molecule has 1 saturated heterocycles. The van der Waals surface area contributed by atoms with Crippen LogP contribution in [0.5, 0.6) is 0 Å². The predicted molar refractivity (Wildman–Crippen MR) is 86.0 cm³/mol. The minimum Gasteiger partial charge on any atom is -0.323 e. The molecule has 1 aliphatic carbocycles. The van der Waals surface area contributed by atoms with Gasteiger partial charge in [-0.25, -0.2) is 4.79 Å². The number of hydrogen-bond donors (Lipinski definition) is 1. The third-order valence-corrected chi connectivity index (χ3v) is 4.96. The second kappa shape index (κ2) is 5.85. The fraction of sp³-hybridized carbons (Fsp3) is 0.562. The number of halogens is 1. The average Bonchev–Trinajstić information content (AvgIpc) is 3.20. The van der Waals surface area contributed by atoms with E-state index in [9.17, 15) is 4.79 Å². The zero-order valence-electron chi connectivity index (χ0n) is 12.6. The van der Waals surface area contributed by atoms with Crippen LogP contribution in [0.3, 0.4) is 0 Å². The number of likely N-dealkylation sites (tertiary alicyclic amines) is 1. The molecule has 1 heterocycles. The molecular weight excluding hydrogens is 286 g/mol. The van der Waals surface area contributed by atoms with E-state index in [-0.39, 0.29) is 6.03 Å². The molecule has 1 atom stereocenters. The van der Waals surface area contributed by atoms with Crippen molar-refractivity contribution in [2.24, 2.45) is 0 Å². The molecule has 1 aromatic rings. The number of anilines is 1. The van der Waals surface area contributed by atoms with Gasteiger partial charge in [-0.3, -0.25) is 4.90 Å². The van der Waals surface area contributed by atoms with Crippen LogP contribution < -0.4 is 5.32 Å². The predicted octanol–water partition coefficient (Wildman–Crippen LogP) is 3.35. The highest BCUT2D eigenvalue weighted by Gasteiger charge is 2.36. The van der Waals surface area contributed by atoms with Gasteiger partial charge < -0.3 is 10.2 Å². The van der Waals surface area contributed by atoms with Crippen molar-refractivity contribution in [3.8, 4) is 0 Å². The van der Waals surface area contributed by atoms with Crippen molar-refractivity contribution in [2.45, 2.75) is 38.3 Å². The molecular formula is C16H22ClN3O. The van der Waals surface area contributed by atoms with Gasteiger partial charge in [0.2, 0.25) is 0 Å². The fourth-order valence-electron chi connectivity index (χ4n) is 2.90. The first-order valence-corrected chi connectivity index (χ1v) is 7.96. The van der Waals surface area contributed by atoms with Crippen LogP contribution in [0.2, 0.25) is 5.02 Å². The largest absolute Gasteiger partial charge is 0.323 e. The number of benzene rings is 1. The third kappa shape index (κ3) is 3.33. The smallest absolute Gasteiger partial charge is 0.321 e. The Balaban J connectivity index is 1.58. The molecule has 0 spiro atoms. The average molecular weight is 308 g/mol. The summed E-state index contributed by atoms with van der Waals surface area (Å²) >= 11 is 6.09. The van der Waals surface area contributed by atoms with Crippen LogP contribution in [0.15, 0.2) is 18.2 Å². The summed E-state index contributed by atoms with van der Waals surface area (Å²) in [6.45, 7) is 4.07. The van der Waals surface area contributed by atoms with Gasteiger partial charge in [-0.15, -0.1) is 0 Å². The van der Waals surface area contributed by atoms with Crippen molar-refractivity contribution in [1.82, 2.24) is 9.80 Å². The van der Waals surface area contributed by atoms with Crippen molar-refractivity contribution >= 4 is 23.3 Å². The first-order valence-electron chi connectivity index (χ1n) is 7.58. The lowest BCUT2D eigenvalue weighted by atomic mass is 10.2. The van der Waals surface area contributed by atoms with Gasteiger partial charge in [0.05, 0.1) is 0 Å². The number of rotatable bonds is 3. The minimum absolute atomic E-state index is 0.0578. The fourth-order valence-corrected chi connectivity index (χ4v) is 3.08. The maximum absolute atomic E-state index is 12.3. The summed E-state index contributed by atoms with van der Waals surface area (Å²) in [5, 5.41) is 3.61. The minimum atomic E-state index is -0.0578. The molecule has 0 unspecified atom stereocenters. The highest BCUT2D eigenvalue weighted by molar-refractivity contribution is 6.31. The summed E-state index contributed by atoms with van der Waals surface area (Å²) in [5.74, 6) is 0. The van der Waals surface area contributed by atoms with Gasteiger partial charge in [0.15, 0.2) is 0 Å². The van der Waals surface area contributed by atoms with E-state index < -0.39 is 0 Å². The second-order valence-electron chi connectivity index (χ2n) is 6.17. The molecule has 1 N–H and O–H groups in total. The number of likely N-dealkylation sites (N-methyl/N-ethyl adjacent to an activating group) is 1. The van der Waals surface area contributed by atoms with E-state index in [2.05, 4.69) is 10.2 Å². The lowest BCUT2D eigenvalue weighted by Crippen LogP contribution is -2.41. The van der Waals surface area contributed by atoms with E-state index in [0.29, 0.717) is 11.1 Å². The molecule has 5 heteroatoms. The van der Waals surface area contributed by atoms with E-state index in [4.69, 9.17) is 11.6 Å². The quantitative estimate of drug-likeness (QED) is 0.929. The Hall–Kier alpha value is -1.26. The molecule has 1 aliphatic heterocycles. The molecule has 2 aliphatic rings. The van der Waals surface area contributed by atoms with Crippen LogP contribution in [0, 0.1) is 6.92 Å². The van der Waals surface area contributed by atoms with E-state index >= 15 is 0 Å². The first kappa shape index (κ1) is 14.7. The summed E-state index contributed by atoms with van der Waals surface area (Å²) in [6, 6.07) is 6.64. The molecule has 114 valence electrons. The van der Waals surface area contributed by atoms with Crippen LogP contribution in [-0.2, 0) is 0 Å². The molecule has 4 nitrogen and oxygen atoms in total. The van der Waals surface area contributed by atoms with Gasteiger partial charge in [0.1, 0.15) is 0 Å². The van der Waals surface area contributed by atoms with Crippen molar-refractivity contribution < 1.29 is 4.79 Å². The van der Waals surface area contributed by atoms with E-state index in [1.54, 1.807) is 6.07 Å². The van der Waals surface area contributed by atoms with Gasteiger partial charge in [0.25, 0.3) is 0 Å². The van der Waals surface area contributed by atoms with Crippen molar-refractivity contribution in [2.75, 3.05) is 25.5 Å². The lowest BCUT2D eigenvalue weighted by Gasteiger charge is -2.25. The van der Waals surface area contributed by atoms with E-state index in [0.717, 1.165) is 36.8 Å². The van der Waals surface area contributed by atoms with Crippen LogP contribution >= 0.6 is 11.6 Å². The van der Waals surface area contributed by atoms with E-state index in [1.807, 2.05) is 31.0 Å². The Morgan fingerprint density at radius 2 is 2.14 bits per heavy atom. The Bertz CT molecular complexity index is 544. The molecule has 2 amide bonds. The number of urea groups is 1. The number of nitrogens with one attached hydrogen (secondary N) is 1. The molecule has 3 rings (SSSR count). The van der Waals surface area contributed by atoms with E-state index in [1.165, 1.54) is 12.8 Å². The number of hydrogen-bond acceptors (Lipinski definition) is 2. The highest BCUT2D eigenvalue weighted by atomic mass is 35.5. The summed E-state index contributed by atoms with van der Waals surface area (Å²) < 4.78 is 0. The SMILES string of the molecule is Cc1ccc(NC(=O)N(C)[C@@H]2CCN(C3CC3)C2)cc1Cl. The second-order valence-corrected chi connectivity index (χ2v) is 6.58. The molecule has 0 aromatic heterocycles. The molecule has 0 radical (unpaired) electrons. The Kier molecular flexibility index (Phi) is 4.09. The Labute approximate surface area is 131 Å². The number of carbonyl (C=O) groups is 1. The van der Waals surface area contributed by atoms with Crippen LogP contribution in [0.1, 0.15) is 24.8 Å². The van der Waals surface area contributed by atoms with Gasteiger partial charge in [-0.05, 0) is 43.9 Å². The highest BCUT2D eigenvalue weighted by Crippen LogP contribution is 2.31. The molecule has 1 saturated carbocycles. The lowest BCUT2D eigenvalue weighted by molar-refractivity contribution is 0.201. The summed E-state index contributed by atoms with van der Waals surface area (Å²) in [4.78, 5) is 16.7. The van der Waals surface area contributed by atoms with Crippen molar-refractivity contribution in [3.05, 3.63) is 28.8 Å².